The third-order valence-corrected chi connectivity index (χ3v) is 4.24. The van der Waals surface area contributed by atoms with Crippen LogP contribution in [0.15, 0.2) is 30.3 Å². The summed E-state index contributed by atoms with van der Waals surface area (Å²) in [5.74, 6) is 0.131. The van der Waals surface area contributed by atoms with Gasteiger partial charge in [-0.1, -0.05) is 37.3 Å². The van der Waals surface area contributed by atoms with Crippen LogP contribution in [0.2, 0.25) is 0 Å². The Labute approximate surface area is 140 Å². The molecule has 128 valence electrons. The van der Waals surface area contributed by atoms with Gasteiger partial charge in [0.2, 0.25) is 5.91 Å². The molecule has 0 unspecified atom stereocenters. The summed E-state index contributed by atoms with van der Waals surface area (Å²) in [7, 11) is 0. The Morgan fingerprint density at radius 2 is 1.78 bits per heavy atom. The zero-order valence-electron chi connectivity index (χ0n) is 14.4. The van der Waals surface area contributed by atoms with Gasteiger partial charge in [-0.05, 0) is 19.0 Å². The van der Waals surface area contributed by atoms with E-state index in [4.69, 9.17) is 0 Å². The first-order valence-corrected chi connectivity index (χ1v) is 8.66. The predicted octanol–water partition coefficient (Wildman–Crippen LogP) is 0.918. The van der Waals surface area contributed by atoms with Crippen molar-refractivity contribution in [2.24, 2.45) is 0 Å². The van der Waals surface area contributed by atoms with E-state index in [0.717, 1.165) is 39.3 Å². The second kappa shape index (κ2) is 9.65. The third-order valence-electron chi connectivity index (χ3n) is 4.24. The van der Waals surface area contributed by atoms with Crippen LogP contribution in [0.1, 0.15) is 19.4 Å². The lowest BCUT2D eigenvalue weighted by atomic mass is 10.2. The summed E-state index contributed by atoms with van der Waals surface area (Å²) in [4.78, 5) is 16.7. The fourth-order valence-corrected chi connectivity index (χ4v) is 2.89. The average Bonchev–Trinajstić information content (AvgIpc) is 2.56. The highest BCUT2D eigenvalue weighted by atomic mass is 16.2. The predicted molar refractivity (Wildman–Crippen MR) is 94.3 cm³/mol. The molecule has 0 aliphatic carbocycles. The van der Waals surface area contributed by atoms with Gasteiger partial charge < -0.3 is 10.6 Å². The quantitative estimate of drug-likeness (QED) is 0.748. The largest absolute Gasteiger partial charge is 0.353 e. The molecule has 0 saturated carbocycles. The minimum absolute atomic E-state index is 0.131. The SMILES string of the molecule is CCN[C@H](C)CNC(=O)CN1CCN(Cc2ccccc2)CC1. The molecular weight excluding hydrogens is 288 g/mol. The van der Waals surface area contributed by atoms with Crippen LogP contribution in [0, 0.1) is 0 Å². The highest BCUT2D eigenvalue weighted by Gasteiger charge is 2.19. The molecule has 2 N–H and O–H groups in total. The van der Waals surface area contributed by atoms with Gasteiger partial charge in [-0.3, -0.25) is 14.6 Å². The van der Waals surface area contributed by atoms with Gasteiger partial charge in [0.15, 0.2) is 0 Å². The normalized spacial score (nSPS) is 17.8. The molecular formula is C18H30N4O. The van der Waals surface area contributed by atoms with Crippen molar-refractivity contribution in [2.45, 2.75) is 26.4 Å². The highest BCUT2D eigenvalue weighted by Crippen LogP contribution is 2.08. The standard InChI is InChI=1S/C18H30N4O/c1-3-19-16(2)13-20-18(23)15-22-11-9-21(10-12-22)14-17-7-5-4-6-8-17/h4-8,16,19H,3,9-15H2,1-2H3,(H,20,23)/t16-/m1/s1. The van der Waals surface area contributed by atoms with E-state index in [9.17, 15) is 4.79 Å². The molecule has 5 heteroatoms. The Morgan fingerprint density at radius 3 is 2.43 bits per heavy atom. The summed E-state index contributed by atoms with van der Waals surface area (Å²) < 4.78 is 0. The van der Waals surface area contributed by atoms with Gasteiger partial charge in [0.1, 0.15) is 0 Å². The van der Waals surface area contributed by atoms with Crippen LogP contribution in [0.25, 0.3) is 0 Å². The summed E-state index contributed by atoms with van der Waals surface area (Å²) in [6, 6.07) is 10.9. The van der Waals surface area contributed by atoms with Crippen LogP contribution in [0.5, 0.6) is 0 Å². The van der Waals surface area contributed by atoms with E-state index in [-0.39, 0.29) is 5.91 Å². The smallest absolute Gasteiger partial charge is 0.234 e. The van der Waals surface area contributed by atoms with Crippen LogP contribution in [-0.4, -0.2) is 67.6 Å². The van der Waals surface area contributed by atoms with Crippen molar-refractivity contribution >= 4 is 5.91 Å². The zero-order valence-corrected chi connectivity index (χ0v) is 14.4. The van der Waals surface area contributed by atoms with E-state index in [0.29, 0.717) is 19.1 Å². The minimum Gasteiger partial charge on any atom is -0.353 e. The van der Waals surface area contributed by atoms with Crippen molar-refractivity contribution in [1.29, 1.82) is 0 Å². The third kappa shape index (κ3) is 6.69. The van der Waals surface area contributed by atoms with Crippen molar-refractivity contribution in [1.82, 2.24) is 20.4 Å². The maximum Gasteiger partial charge on any atom is 0.234 e. The van der Waals surface area contributed by atoms with Gasteiger partial charge in [0.05, 0.1) is 6.54 Å². The summed E-state index contributed by atoms with van der Waals surface area (Å²) in [5, 5.41) is 6.31. The lowest BCUT2D eigenvalue weighted by Crippen LogP contribution is -2.50. The van der Waals surface area contributed by atoms with E-state index in [1.54, 1.807) is 0 Å². The molecule has 1 aromatic carbocycles. The molecule has 2 rings (SSSR count). The van der Waals surface area contributed by atoms with E-state index in [1.807, 2.05) is 0 Å². The molecule has 1 fully saturated rings. The summed E-state index contributed by atoms with van der Waals surface area (Å²) in [6.45, 7) is 11.3. The van der Waals surface area contributed by atoms with Gasteiger partial charge in [0, 0.05) is 45.3 Å². The van der Waals surface area contributed by atoms with E-state index in [1.165, 1.54) is 5.56 Å². The number of amides is 1. The number of rotatable bonds is 8. The number of hydrogen-bond acceptors (Lipinski definition) is 4. The molecule has 1 aliphatic rings. The van der Waals surface area contributed by atoms with E-state index in [2.05, 4.69) is 64.6 Å². The molecule has 0 radical (unpaired) electrons. The highest BCUT2D eigenvalue weighted by molar-refractivity contribution is 5.78. The zero-order chi connectivity index (χ0) is 16.5. The number of piperazine rings is 1. The second-order valence-corrected chi connectivity index (χ2v) is 6.30. The number of carbonyl (C=O) groups is 1. The van der Waals surface area contributed by atoms with Gasteiger partial charge >= 0.3 is 0 Å². The molecule has 1 atom stereocenters. The molecule has 0 spiro atoms. The molecule has 5 nitrogen and oxygen atoms in total. The fraction of sp³-hybridized carbons (Fsp3) is 0.611. The van der Waals surface area contributed by atoms with Crippen molar-refractivity contribution in [3.63, 3.8) is 0 Å². The average molecular weight is 318 g/mol. The Bertz CT molecular complexity index is 457. The Hall–Kier alpha value is -1.43. The van der Waals surface area contributed by atoms with Crippen LogP contribution in [0.4, 0.5) is 0 Å². The number of nitrogens with zero attached hydrogens (tertiary/aromatic N) is 2. The van der Waals surface area contributed by atoms with Crippen molar-refractivity contribution in [2.75, 3.05) is 45.8 Å². The lowest BCUT2D eigenvalue weighted by molar-refractivity contribution is -0.122. The van der Waals surface area contributed by atoms with Gasteiger partial charge in [-0.15, -0.1) is 0 Å². The maximum absolute atomic E-state index is 12.0. The van der Waals surface area contributed by atoms with E-state index < -0.39 is 0 Å². The van der Waals surface area contributed by atoms with Crippen LogP contribution >= 0.6 is 0 Å². The first kappa shape index (κ1) is 17.9. The molecule has 0 aromatic heterocycles. The van der Waals surface area contributed by atoms with Crippen molar-refractivity contribution in [3.8, 4) is 0 Å². The van der Waals surface area contributed by atoms with Crippen LogP contribution in [-0.2, 0) is 11.3 Å². The monoisotopic (exact) mass is 318 g/mol. The van der Waals surface area contributed by atoms with Gasteiger partial charge in [0.25, 0.3) is 0 Å². The molecule has 1 aliphatic heterocycles. The minimum atomic E-state index is 0.131. The number of nitrogens with one attached hydrogen (secondary N) is 2. The first-order chi connectivity index (χ1) is 11.2. The Balaban J connectivity index is 1.63. The second-order valence-electron chi connectivity index (χ2n) is 6.30. The topological polar surface area (TPSA) is 47.6 Å². The molecule has 1 heterocycles. The van der Waals surface area contributed by atoms with E-state index >= 15 is 0 Å². The number of benzene rings is 1. The summed E-state index contributed by atoms with van der Waals surface area (Å²) >= 11 is 0. The van der Waals surface area contributed by atoms with Crippen molar-refractivity contribution in [3.05, 3.63) is 35.9 Å². The van der Waals surface area contributed by atoms with Crippen LogP contribution in [0.3, 0.4) is 0 Å². The molecule has 1 saturated heterocycles. The fourth-order valence-electron chi connectivity index (χ4n) is 2.89. The van der Waals surface area contributed by atoms with Crippen LogP contribution < -0.4 is 10.6 Å². The first-order valence-electron chi connectivity index (χ1n) is 8.66. The van der Waals surface area contributed by atoms with Crippen molar-refractivity contribution < 1.29 is 4.79 Å². The number of carbonyl (C=O) groups excluding carboxylic acids is 1. The maximum atomic E-state index is 12.0. The van der Waals surface area contributed by atoms with Gasteiger partial charge in [-0.2, -0.15) is 0 Å². The molecule has 1 aromatic rings. The van der Waals surface area contributed by atoms with Gasteiger partial charge in [-0.25, -0.2) is 0 Å². The molecule has 0 bridgehead atoms. The summed E-state index contributed by atoms with van der Waals surface area (Å²) in [5.41, 5.74) is 1.36. The Morgan fingerprint density at radius 1 is 1.13 bits per heavy atom. The summed E-state index contributed by atoms with van der Waals surface area (Å²) in [6.07, 6.45) is 0. The Kier molecular flexibility index (Phi) is 7.52. The number of hydrogen-bond donors (Lipinski definition) is 2. The molecule has 1 amide bonds. The lowest BCUT2D eigenvalue weighted by Gasteiger charge is -2.34. The number of likely N-dealkylation sites (N-methyl/N-ethyl adjacent to an activating group) is 1. The molecule has 23 heavy (non-hydrogen) atoms.